The third-order valence-corrected chi connectivity index (χ3v) is 5.93. The van der Waals surface area contributed by atoms with Crippen LogP contribution in [-0.2, 0) is 9.59 Å². The molecule has 116 valence electrons. The fraction of sp³-hybridized carbons (Fsp3) is 0.714. The van der Waals surface area contributed by atoms with Crippen LogP contribution in [0.15, 0.2) is 10.6 Å². The van der Waals surface area contributed by atoms with Crippen molar-refractivity contribution in [1.82, 2.24) is 10.2 Å². The van der Waals surface area contributed by atoms with Gasteiger partial charge < -0.3 is 20.4 Å². The Morgan fingerprint density at radius 3 is 2.67 bits per heavy atom. The smallest absolute Gasteiger partial charge is 0.353 e. The van der Waals surface area contributed by atoms with Crippen molar-refractivity contribution in [3.8, 4) is 0 Å². The molecule has 0 bridgehead atoms. The molecule has 0 radical (unpaired) electrons. The number of nitrogens with one attached hydrogen (secondary N) is 1. The number of rotatable bonds is 4. The number of thioether (sulfide) groups is 1. The lowest BCUT2D eigenvalue weighted by Crippen LogP contribution is -2.61. The van der Waals surface area contributed by atoms with Crippen LogP contribution >= 0.6 is 11.8 Å². The topological polar surface area (TPSA) is 89.9 Å². The van der Waals surface area contributed by atoms with Crippen LogP contribution in [0.3, 0.4) is 0 Å². The summed E-state index contributed by atoms with van der Waals surface area (Å²) in [5.74, 6) is -1.75. The number of carboxylic acids is 1. The number of carbonyl (C=O) groups excluding carboxylic acids is 1. The van der Waals surface area contributed by atoms with Crippen molar-refractivity contribution in [2.45, 2.75) is 43.6 Å². The minimum atomic E-state index is -1.04. The van der Waals surface area contributed by atoms with Gasteiger partial charge in [-0.1, -0.05) is 0 Å². The Hall–Kier alpha value is -1.05. The Balaban J connectivity index is 1.79. The van der Waals surface area contributed by atoms with E-state index < -0.39 is 18.0 Å². The number of carbonyl (C=O) groups is 2. The standard InChI is InChI=1S/C14H20N2O4S/c1-7(17)11-9-6-10(21-8-2-4-15-5-3-8)12(14(19)20)16(9)13(11)18/h7-9,11,15,17H,2-6H2,1H3,(H,19,20)/t7?,9-,11?/m1/s1. The van der Waals surface area contributed by atoms with Gasteiger partial charge in [-0.05, 0) is 32.9 Å². The van der Waals surface area contributed by atoms with Crippen molar-refractivity contribution < 1.29 is 19.8 Å². The van der Waals surface area contributed by atoms with Crippen LogP contribution < -0.4 is 5.32 Å². The van der Waals surface area contributed by atoms with Crippen molar-refractivity contribution in [3.05, 3.63) is 10.6 Å². The molecule has 0 aromatic rings. The van der Waals surface area contributed by atoms with Crippen molar-refractivity contribution >= 4 is 23.6 Å². The van der Waals surface area contributed by atoms with Crippen LogP contribution in [0, 0.1) is 5.92 Å². The molecule has 2 unspecified atom stereocenters. The Morgan fingerprint density at radius 1 is 1.43 bits per heavy atom. The van der Waals surface area contributed by atoms with E-state index in [0.29, 0.717) is 11.7 Å². The summed E-state index contributed by atoms with van der Waals surface area (Å²) in [4.78, 5) is 25.8. The highest BCUT2D eigenvalue weighted by molar-refractivity contribution is 8.03. The second-order valence-corrected chi connectivity index (χ2v) is 7.29. The maximum absolute atomic E-state index is 12.1. The second-order valence-electron chi connectivity index (χ2n) is 5.89. The number of aliphatic carboxylic acids is 1. The molecule has 3 aliphatic rings. The normalized spacial score (nSPS) is 31.1. The van der Waals surface area contributed by atoms with E-state index >= 15 is 0 Å². The summed E-state index contributed by atoms with van der Waals surface area (Å²) >= 11 is 1.61. The Bertz CT molecular complexity index is 499. The molecule has 3 N–H and O–H groups in total. The molecule has 2 fully saturated rings. The quantitative estimate of drug-likeness (QED) is 0.650. The average Bonchev–Trinajstić information content (AvgIpc) is 2.74. The largest absolute Gasteiger partial charge is 0.477 e. The van der Waals surface area contributed by atoms with Crippen LogP contribution in [0.1, 0.15) is 26.2 Å². The molecule has 3 aliphatic heterocycles. The van der Waals surface area contributed by atoms with Gasteiger partial charge in [0, 0.05) is 16.6 Å². The zero-order valence-electron chi connectivity index (χ0n) is 11.9. The number of piperidine rings is 1. The molecule has 0 aliphatic carbocycles. The first-order chi connectivity index (χ1) is 10.0. The summed E-state index contributed by atoms with van der Waals surface area (Å²) in [6, 6.07) is -0.173. The summed E-state index contributed by atoms with van der Waals surface area (Å²) in [6.45, 7) is 3.50. The van der Waals surface area contributed by atoms with Crippen LogP contribution in [0.25, 0.3) is 0 Å². The molecule has 6 nitrogen and oxygen atoms in total. The molecule has 0 saturated carbocycles. The molecule has 3 rings (SSSR count). The summed E-state index contributed by atoms with van der Waals surface area (Å²) in [5.41, 5.74) is 0.144. The first-order valence-corrected chi connectivity index (χ1v) is 8.23. The van der Waals surface area contributed by atoms with Gasteiger partial charge in [0.25, 0.3) is 0 Å². The lowest BCUT2D eigenvalue weighted by molar-refractivity contribution is -0.161. The van der Waals surface area contributed by atoms with E-state index in [1.54, 1.807) is 18.7 Å². The van der Waals surface area contributed by atoms with E-state index in [9.17, 15) is 19.8 Å². The van der Waals surface area contributed by atoms with E-state index in [1.807, 2.05) is 0 Å². The minimum absolute atomic E-state index is 0.144. The summed E-state index contributed by atoms with van der Waals surface area (Å²) < 4.78 is 0. The summed E-state index contributed by atoms with van der Waals surface area (Å²) in [5, 5.41) is 22.8. The van der Waals surface area contributed by atoms with Crippen LogP contribution in [-0.4, -0.2) is 57.5 Å². The van der Waals surface area contributed by atoms with Gasteiger partial charge in [0.15, 0.2) is 0 Å². The zero-order valence-corrected chi connectivity index (χ0v) is 12.7. The third-order valence-electron chi connectivity index (χ3n) is 4.49. The number of hydrogen-bond acceptors (Lipinski definition) is 5. The third kappa shape index (κ3) is 2.47. The van der Waals surface area contributed by atoms with E-state index in [4.69, 9.17) is 0 Å². The van der Waals surface area contributed by atoms with Crippen molar-refractivity contribution in [3.63, 3.8) is 0 Å². The fourth-order valence-electron chi connectivity index (χ4n) is 3.45. The SMILES string of the molecule is CC(O)C1C(=O)N2C(C(=O)O)=C(SC3CCNCC3)C[C@H]12. The van der Waals surface area contributed by atoms with E-state index in [2.05, 4.69) is 5.32 Å². The van der Waals surface area contributed by atoms with Crippen molar-refractivity contribution in [1.29, 1.82) is 0 Å². The maximum atomic E-state index is 12.1. The number of fused-ring (bicyclic) bond motifs is 1. The maximum Gasteiger partial charge on any atom is 0.353 e. The fourth-order valence-corrected chi connectivity index (χ4v) is 4.89. The van der Waals surface area contributed by atoms with Gasteiger partial charge >= 0.3 is 5.97 Å². The highest BCUT2D eigenvalue weighted by atomic mass is 32.2. The van der Waals surface area contributed by atoms with Crippen molar-refractivity contribution in [2.24, 2.45) is 5.92 Å². The van der Waals surface area contributed by atoms with Crippen LogP contribution in [0.4, 0.5) is 0 Å². The van der Waals surface area contributed by atoms with Gasteiger partial charge in [0.2, 0.25) is 5.91 Å². The molecule has 0 aromatic heterocycles. The van der Waals surface area contributed by atoms with E-state index in [-0.39, 0.29) is 17.6 Å². The molecule has 3 heterocycles. The Labute approximate surface area is 127 Å². The van der Waals surface area contributed by atoms with Gasteiger partial charge in [-0.3, -0.25) is 4.79 Å². The molecule has 0 aromatic carbocycles. The minimum Gasteiger partial charge on any atom is -0.477 e. The summed E-state index contributed by atoms with van der Waals surface area (Å²) in [7, 11) is 0. The number of carboxylic acid groups (broad SMARTS) is 1. The molecule has 7 heteroatoms. The Kier molecular flexibility index (Phi) is 3.98. The monoisotopic (exact) mass is 312 g/mol. The summed E-state index contributed by atoms with van der Waals surface area (Å²) in [6.07, 6.45) is 1.87. The van der Waals surface area contributed by atoms with Crippen molar-refractivity contribution in [2.75, 3.05) is 13.1 Å². The number of aliphatic hydroxyl groups is 1. The first-order valence-electron chi connectivity index (χ1n) is 7.35. The van der Waals surface area contributed by atoms with Crippen LogP contribution in [0.5, 0.6) is 0 Å². The number of amides is 1. The number of nitrogens with zero attached hydrogens (tertiary/aromatic N) is 1. The molecule has 3 atom stereocenters. The van der Waals surface area contributed by atoms with E-state index in [1.165, 1.54) is 4.90 Å². The van der Waals surface area contributed by atoms with Crippen LogP contribution in [0.2, 0.25) is 0 Å². The second kappa shape index (κ2) is 5.62. The lowest BCUT2D eigenvalue weighted by atomic mass is 9.83. The predicted octanol–water partition coefficient (Wildman–Crippen LogP) is 0.379. The molecular weight excluding hydrogens is 292 g/mol. The average molecular weight is 312 g/mol. The van der Waals surface area contributed by atoms with Gasteiger partial charge in [0.05, 0.1) is 18.1 Å². The number of hydrogen-bond donors (Lipinski definition) is 3. The molecular formula is C14H20N2O4S. The molecule has 0 spiro atoms. The molecule has 21 heavy (non-hydrogen) atoms. The molecule has 1 amide bonds. The number of aliphatic hydroxyl groups excluding tert-OH is 1. The van der Waals surface area contributed by atoms with Gasteiger partial charge in [0.1, 0.15) is 5.70 Å². The Morgan fingerprint density at radius 2 is 2.10 bits per heavy atom. The number of β-lactam (4-membered cyclic amide) rings is 1. The van der Waals surface area contributed by atoms with Gasteiger partial charge in [-0.25, -0.2) is 4.79 Å². The molecule has 2 saturated heterocycles. The van der Waals surface area contributed by atoms with Gasteiger partial charge in [-0.2, -0.15) is 0 Å². The zero-order chi connectivity index (χ0) is 15.1. The highest BCUT2D eigenvalue weighted by Gasteiger charge is 2.56. The van der Waals surface area contributed by atoms with E-state index in [0.717, 1.165) is 30.8 Å². The lowest BCUT2D eigenvalue weighted by Gasteiger charge is -2.44. The first kappa shape index (κ1) is 14.9. The van der Waals surface area contributed by atoms with Gasteiger partial charge in [-0.15, -0.1) is 11.8 Å². The predicted molar refractivity (Wildman–Crippen MR) is 78.6 cm³/mol. The highest BCUT2D eigenvalue weighted by Crippen LogP contribution is 2.48.